The average Bonchev–Trinajstić information content (AvgIpc) is 2.83. The highest BCUT2D eigenvalue weighted by molar-refractivity contribution is 6.62. The van der Waals surface area contributed by atoms with Gasteiger partial charge in [0.2, 0.25) is 0 Å². The van der Waals surface area contributed by atoms with E-state index in [-0.39, 0.29) is 5.37 Å². The zero-order valence-corrected chi connectivity index (χ0v) is 11.7. The van der Waals surface area contributed by atoms with Crippen LogP contribution >= 0.6 is 11.6 Å². The molecule has 2 aliphatic heterocycles. The lowest BCUT2D eigenvalue weighted by Crippen LogP contribution is -2.39. The average molecular weight is 279 g/mol. The summed E-state index contributed by atoms with van der Waals surface area (Å²) in [5.74, 6) is 1.25. The third-order valence-electron chi connectivity index (χ3n) is 4.38. The minimum absolute atomic E-state index is 0.288. The summed E-state index contributed by atoms with van der Waals surface area (Å²) in [4.78, 5) is 15.5. The molecule has 0 aromatic heterocycles. The van der Waals surface area contributed by atoms with E-state index < -0.39 is 0 Å². The smallest absolute Gasteiger partial charge is 0.316 e. The quantitative estimate of drug-likeness (QED) is 0.613. The van der Waals surface area contributed by atoms with Crippen LogP contribution in [0.15, 0.2) is 30.3 Å². The van der Waals surface area contributed by atoms with Gasteiger partial charge in [0.15, 0.2) is 0 Å². The predicted molar refractivity (Wildman–Crippen MR) is 76.1 cm³/mol. The van der Waals surface area contributed by atoms with Gasteiger partial charge in [-0.3, -0.25) is 9.69 Å². The molecule has 0 N–H and O–H groups in total. The Hall–Kier alpha value is -1.06. The van der Waals surface area contributed by atoms with Gasteiger partial charge in [0.1, 0.15) is 0 Å². The molecule has 102 valence electrons. The Morgan fingerprint density at radius 2 is 1.89 bits per heavy atom. The molecule has 2 fully saturated rings. The number of benzene rings is 1. The summed E-state index contributed by atoms with van der Waals surface area (Å²) in [5.41, 5.74) is 1.37. The Labute approximate surface area is 119 Å². The van der Waals surface area contributed by atoms with E-state index in [4.69, 9.17) is 11.6 Å². The molecular weight excluding hydrogens is 260 g/mol. The van der Waals surface area contributed by atoms with Gasteiger partial charge in [-0.05, 0) is 42.0 Å². The molecule has 0 saturated carbocycles. The fourth-order valence-electron chi connectivity index (χ4n) is 3.37. The van der Waals surface area contributed by atoms with E-state index in [1.165, 1.54) is 12.0 Å². The lowest BCUT2D eigenvalue weighted by Gasteiger charge is -2.34. The van der Waals surface area contributed by atoms with E-state index in [9.17, 15) is 4.79 Å². The van der Waals surface area contributed by atoms with E-state index in [0.29, 0.717) is 11.8 Å². The minimum Gasteiger partial charge on any atom is -0.329 e. The summed E-state index contributed by atoms with van der Waals surface area (Å²) in [6.45, 7) is 4.91. The van der Waals surface area contributed by atoms with Crippen molar-refractivity contribution >= 4 is 17.0 Å². The van der Waals surface area contributed by atoms with E-state index in [1.54, 1.807) is 4.90 Å². The maximum atomic E-state index is 11.2. The summed E-state index contributed by atoms with van der Waals surface area (Å²) in [6.07, 6.45) is 1.18. The molecule has 2 heterocycles. The minimum atomic E-state index is -0.288. The standard InChI is InChI=1S/C15H19ClN2O/c16-15(19)18-10-13-6-7-17(9-14(13)11-18)8-12-4-2-1-3-5-12/h1-5,13-14H,6-11H2. The monoisotopic (exact) mass is 278 g/mol. The van der Waals surface area contributed by atoms with Crippen LogP contribution in [0, 0.1) is 11.8 Å². The molecule has 0 spiro atoms. The number of nitrogens with zero attached hydrogens (tertiary/aromatic N) is 2. The van der Waals surface area contributed by atoms with Gasteiger partial charge in [-0.1, -0.05) is 30.3 Å². The second-order valence-corrected chi connectivity index (χ2v) is 6.01. The molecule has 3 nitrogen and oxygen atoms in total. The van der Waals surface area contributed by atoms with Crippen molar-refractivity contribution < 1.29 is 4.79 Å². The van der Waals surface area contributed by atoms with Gasteiger partial charge < -0.3 is 4.90 Å². The number of piperidine rings is 1. The first-order valence-electron chi connectivity index (χ1n) is 6.93. The Bertz CT molecular complexity index is 451. The van der Waals surface area contributed by atoms with Crippen molar-refractivity contribution in [3.05, 3.63) is 35.9 Å². The van der Waals surface area contributed by atoms with Crippen molar-refractivity contribution in [3.63, 3.8) is 0 Å². The highest BCUT2D eigenvalue weighted by Crippen LogP contribution is 2.32. The van der Waals surface area contributed by atoms with Crippen LogP contribution in [0.2, 0.25) is 0 Å². The first-order valence-corrected chi connectivity index (χ1v) is 7.31. The number of rotatable bonds is 2. The number of carbonyl (C=O) groups is 1. The summed E-state index contributed by atoms with van der Waals surface area (Å²) in [5, 5.41) is -0.288. The van der Waals surface area contributed by atoms with Crippen molar-refractivity contribution in [1.29, 1.82) is 0 Å². The molecule has 1 aromatic carbocycles. The van der Waals surface area contributed by atoms with Gasteiger partial charge in [0, 0.05) is 26.2 Å². The van der Waals surface area contributed by atoms with Crippen LogP contribution in [-0.4, -0.2) is 41.3 Å². The third kappa shape index (κ3) is 2.93. The maximum absolute atomic E-state index is 11.2. The number of carbonyl (C=O) groups excluding carboxylic acids is 1. The molecule has 0 bridgehead atoms. The molecule has 4 heteroatoms. The number of amides is 1. The molecule has 2 saturated heterocycles. The molecule has 0 aliphatic carbocycles. The lowest BCUT2D eigenvalue weighted by molar-refractivity contribution is 0.142. The normalized spacial score (nSPS) is 27.3. The Kier molecular flexibility index (Phi) is 3.76. The second-order valence-electron chi connectivity index (χ2n) is 5.69. The third-order valence-corrected chi connectivity index (χ3v) is 4.62. The zero-order valence-electron chi connectivity index (χ0n) is 11.0. The molecule has 19 heavy (non-hydrogen) atoms. The van der Waals surface area contributed by atoms with Crippen molar-refractivity contribution in [2.24, 2.45) is 11.8 Å². The maximum Gasteiger partial charge on any atom is 0.316 e. The largest absolute Gasteiger partial charge is 0.329 e. The van der Waals surface area contributed by atoms with E-state index in [2.05, 4.69) is 35.2 Å². The predicted octanol–water partition coefficient (Wildman–Crippen LogP) is 2.80. The molecule has 0 radical (unpaired) electrons. The molecule has 2 atom stereocenters. The Morgan fingerprint density at radius 1 is 1.16 bits per heavy atom. The zero-order chi connectivity index (χ0) is 13.2. The first kappa shape index (κ1) is 12.9. The van der Waals surface area contributed by atoms with Crippen molar-refractivity contribution in [3.8, 4) is 0 Å². The molecule has 2 aliphatic rings. The van der Waals surface area contributed by atoms with Crippen LogP contribution in [0.3, 0.4) is 0 Å². The molecular formula is C15H19ClN2O. The van der Waals surface area contributed by atoms with Gasteiger partial charge in [-0.25, -0.2) is 0 Å². The number of hydrogen-bond acceptors (Lipinski definition) is 2. The van der Waals surface area contributed by atoms with Crippen LogP contribution in [0.1, 0.15) is 12.0 Å². The molecule has 3 rings (SSSR count). The highest BCUT2D eigenvalue weighted by atomic mass is 35.5. The SMILES string of the molecule is O=C(Cl)N1CC2CCN(Cc3ccccc3)CC2C1. The molecule has 2 unspecified atom stereocenters. The van der Waals surface area contributed by atoms with Crippen LogP contribution in [0.5, 0.6) is 0 Å². The van der Waals surface area contributed by atoms with Crippen LogP contribution in [0.4, 0.5) is 4.79 Å². The fourth-order valence-corrected chi connectivity index (χ4v) is 3.51. The summed E-state index contributed by atoms with van der Waals surface area (Å²) < 4.78 is 0. The molecule has 1 aromatic rings. The van der Waals surface area contributed by atoms with Crippen LogP contribution < -0.4 is 0 Å². The number of halogens is 1. The number of fused-ring (bicyclic) bond motifs is 1. The summed E-state index contributed by atoms with van der Waals surface area (Å²) in [7, 11) is 0. The van der Waals surface area contributed by atoms with Gasteiger partial charge in [-0.2, -0.15) is 0 Å². The highest BCUT2D eigenvalue weighted by Gasteiger charge is 2.38. The van der Waals surface area contributed by atoms with E-state index in [0.717, 1.165) is 32.7 Å². The van der Waals surface area contributed by atoms with Gasteiger partial charge in [0.25, 0.3) is 0 Å². The van der Waals surface area contributed by atoms with Crippen molar-refractivity contribution in [2.75, 3.05) is 26.2 Å². The van der Waals surface area contributed by atoms with Crippen molar-refractivity contribution in [1.82, 2.24) is 9.80 Å². The van der Waals surface area contributed by atoms with Crippen LogP contribution in [0.25, 0.3) is 0 Å². The van der Waals surface area contributed by atoms with E-state index >= 15 is 0 Å². The molecule has 1 amide bonds. The van der Waals surface area contributed by atoms with E-state index in [1.807, 2.05) is 0 Å². The van der Waals surface area contributed by atoms with Gasteiger partial charge in [0.05, 0.1) is 0 Å². The van der Waals surface area contributed by atoms with Gasteiger partial charge >= 0.3 is 5.37 Å². The Morgan fingerprint density at radius 3 is 2.63 bits per heavy atom. The summed E-state index contributed by atoms with van der Waals surface area (Å²) >= 11 is 5.59. The van der Waals surface area contributed by atoms with Crippen molar-refractivity contribution in [2.45, 2.75) is 13.0 Å². The number of likely N-dealkylation sites (tertiary alicyclic amines) is 2. The topological polar surface area (TPSA) is 23.6 Å². The summed E-state index contributed by atoms with van der Waals surface area (Å²) in [6, 6.07) is 10.6. The Balaban J connectivity index is 1.59. The van der Waals surface area contributed by atoms with Gasteiger partial charge in [-0.15, -0.1) is 0 Å². The fraction of sp³-hybridized carbons (Fsp3) is 0.533. The van der Waals surface area contributed by atoms with Crippen LogP contribution in [-0.2, 0) is 6.54 Å². The first-order chi connectivity index (χ1) is 9.22. The lowest BCUT2D eigenvalue weighted by atomic mass is 9.88. The number of hydrogen-bond donors (Lipinski definition) is 0. The second kappa shape index (κ2) is 5.51.